The Kier molecular flexibility index (Phi) is 9.71. The van der Waals surface area contributed by atoms with Crippen LogP contribution in [0.1, 0.15) is 6.42 Å². The van der Waals surface area contributed by atoms with Gasteiger partial charge in [0.2, 0.25) is 5.95 Å². The van der Waals surface area contributed by atoms with Crippen molar-refractivity contribution in [3.05, 3.63) is 37.2 Å². The second kappa shape index (κ2) is 12.3. The van der Waals surface area contributed by atoms with E-state index in [1.54, 1.807) is 24.8 Å². The quantitative estimate of drug-likeness (QED) is 0.566. The maximum absolute atomic E-state index is 10.6. The molecule has 2 aliphatic rings. The molecule has 11 nitrogen and oxygen atoms in total. The van der Waals surface area contributed by atoms with Crippen molar-refractivity contribution >= 4 is 17.9 Å². The van der Waals surface area contributed by atoms with Crippen LogP contribution >= 0.6 is 0 Å². The van der Waals surface area contributed by atoms with Gasteiger partial charge >= 0.3 is 24.3 Å². The first-order valence-corrected chi connectivity index (χ1v) is 10.0. The van der Waals surface area contributed by atoms with E-state index in [-0.39, 0.29) is 6.10 Å². The summed E-state index contributed by atoms with van der Waals surface area (Å²) in [5.74, 6) is -3.95. The predicted molar refractivity (Wildman–Crippen MR) is 108 cm³/mol. The number of carboxylic acids is 2. The number of hydrogen-bond acceptors (Lipinski definition) is 9. The number of piperazine rings is 1. The Morgan fingerprint density at radius 3 is 1.94 bits per heavy atom. The highest BCUT2D eigenvalue weighted by molar-refractivity contribution is 5.73. The first kappa shape index (κ1) is 28.5. The molecule has 2 N–H and O–H groups in total. The fraction of sp³-hybridized carbons (Fsp3) is 0.474. The number of carboxylic acid groups (broad SMARTS) is 2. The van der Waals surface area contributed by atoms with Crippen molar-refractivity contribution in [1.29, 1.82) is 0 Å². The molecule has 2 fully saturated rings. The highest BCUT2D eigenvalue weighted by Crippen LogP contribution is 2.26. The van der Waals surface area contributed by atoms with Crippen molar-refractivity contribution in [2.45, 2.75) is 30.9 Å². The second-order valence-corrected chi connectivity index (χ2v) is 7.30. The van der Waals surface area contributed by atoms with E-state index in [4.69, 9.17) is 24.5 Å². The average molecular weight is 526 g/mol. The third kappa shape index (κ3) is 9.12. The molecule has 17 heteroatoms. The molecule has 0 radical (unpaired) electrons. The summed E-state index contributed by atoms with van der Waals surface area (Å²) in [6.07, 6.45) is -0.411. The smallest absolute Gasteiger partial charge is 0.486 e. The summed E-state index contributed by atoms with van der Waals surface area (Å²) in [5, 5.41) is 14.2. The lowest BCUT2D eigenvalue weighted by Gasteiger charge is -2.37. The van der Waals surface area contributed by atoms with E-state index in [1.165, 1.54) is 6.33 Å². The van der Waals surface area contributed by atoms with Crippen LogP contribution in [0.3, 0.4) is 0 Å². The summed E-state index contributed by atoms with van der Waals surface area (Å²) in [6.45, 7) is 3.90. The van der Waals surface area contributed by atoms with Crippen LogP contribution in [0.25, 0.3) is 0 Å². The minimum atomic E-state index is -5.08. The minimum Gasteiger partial charge on any atom is -0.486 e. The molecule has 2 atom stereocenters. The van der Waals surface area contributed by atoms with Gasteiger partial charge in [-0.05, 0) is 6.07 Å². The van der Waals surface area contributed by atoms with Gasteiger partial charge in [0.15, 0.2) is 5.75 Å². The van der Waals surface area contributed by atoms with Gasteiger partial charge in [-0.15, -0.1) is 0 Å². The van der Waals surface area contributed by atoms with Gasteiger partial charge in [-0.1, -0.05) is 0 Å². The lowest BCUT2D eigenvalue weighted by Crippen LogP contribution is -2.50. The Bertz CT molecular complexity index is 958. The maximum Gasteiger partial charge on any atom is 0.490 e. The van der Waals surface area contributed by atoms with Crippen molar-refractivity contribution < 1.29 is 50.9 Å². The van der Waals surface area contributed by atoms with Gasteiger partial charge in [0.1, 0.15) is 12.4 Å². The molecule has 2 aromatic heterocycles. The largest absolute Gasteiger partial charge is 0.490 e. The minimum absolute atomic E-state index is 0.202. The number of nitrogens with zero attached hydrogens (tertiary/aromatic N) is 6. The number of fused-ring (bicyclic) bond motifs is 1. The van der Waals surface area contributed by atoms with Crippen LogP contribution < -0.4 is 9.64 Å². The molecule has 0 aromatic carbocycles. The molecule has 2 aliphatic heterocycles. The van der Waals surface area contributed by atoms with Crippen LogP contribution in [0.2, 0.25) is 0 Å². The van der Waals surface area contributed by atoms with Crippen LogP contribution in [-0.2, 0) is 9.59 Å². The summed E-state index contributed by atoms with van der Waals surface area (Å²) in [7, 11) is 0. The molecule has 0 bridgehead atoms. The number of aromatic nitrogens is 4. The number of alkyl halides is 6. The molecule has 2 aromatic rings. The summed E-state index contributed by atoms with van der Waals surface area (Å²) in [6, 6.07) is 2.34. The van der Waals surface area contributed by atoms with Crippen LogP contribution in [0, 0.1) is 0 Å². The molecule has 0 saturated carbocycles. The lowest BCUT2D eigenvalue weighted by atomic mass is 10.1. The molecule has 198 valence electrons. The number of halogens is 6. The molecule has 0 unspecified atom stereocenters. The second-order valence-electron chi connectivity index (χ2n) is 7.30. The molecule has 36 heavy (non-hydrogen) atoms. The van der Waals surface area contributed by atoms with E-state index in [0.717, 1.165) is 44.3 Å². The topological polar surface area (TPSA) is 142 Å². The van der Waals surface area contributed by atoms with Crippen molar-refractivity contribution in [2.24, 2.45) is 0 Å². The summed E-state index contributed by atoms with van der Waals surface area (Å²) in [4.78, 5) is 39.2. The number of ether oxygens (including phenoxy) is 1. The van der Waals surface area contributed by atoms with Crippen molar-refractivity contribution in [3.63, 3.8) is 0 Å². The Labute approximate surface area is 199 Å². The number of anilines is 1. The van der Waals surface area contributed by atoms with Gasteiger partial charge in [-0.2, -0.15) is 26.3 Å². The lowest BCUT2D eigenvalue weighted by molar-refractivity contribution is -0.193. The summed E-state index contributed by atoms with van der Waals surface area (Å²) in [5.41, 5.74) is 0. The molecule has 4 heterocycles. The van der Waals surface area contributed by atoms with Crippen molar-refractivity contribution in [1.82, 2.24) is 24.8 Å². The molecular weight excluding hydrogens is 506 g/mol. The fourth-order valence-electron chi connectivity index (χ4n) is 3.26. The van der Waals surface area contributed by atoms with Gasteiger partial charge in [-0.25, -0.2) is 29.5 Å². The molecule has 0 spiro atoms. The highest BCUT2D eigenvalue weighted by Gasteiger charge is 2.39. The number of aliphatic carboxylic acids is 2. The fourth-order valence-corrected chi connectivity index (χ4v) is 3.26. The number of rotatable bonds is 3. The zero-order valence-corrected chi connectivity index (χ0v) is 18.2. The van der Waals surface area contributed by atoms with Crippen LogP contribution in [-0.4, -0.2) is 97.7 Å². The molecular formula is C19H20F6N6O5. The van der Waals surface area contributed by atoms with Crippen molar-refractivity contribution in [2.75, 3.05) is 31.1 Å². The van der Waals surface area contributed by atoms with Gasteiger partial charge < -0.3 is 19.8 Å². The van der Waals surface area contributed by atoms with Crippen LogP contribution in [0.15, 0.2) is 37.2 Å². The Morgan fingerprint density at radius 1 is 0.917 bits per heavy atom. The van der Waals surface area contributed by atoms with E-state index in [1.807, 2.05) is 6.07 Å². The molecule has 0 aliphatic carbocycles. The molecule has 4 rings (SSSR count). The predicted octanol–water partition coefficient (Wildman–Crippen LogP) is 1.88. The van der Waals surface area contributed by atoms with Crippen LogP contribution in [0.5, 0.6) is 5.75 Å². The third-order valence-corrected chi connectivity index (χ3v) is 4.74. The summed E-state index contributed by atoms with van der Waals surface area (Å²) >= 11 is 0. The van der Waals surface area contributed by atoms with Gasteiger partial charge in [0, 0.05) is 51.0 Å². The summed E-state index contributed by atoms with van der Waals surface area (Å²) < 4.78 is 69.5. The maximum atomic E-state index is 10.6. The van der Waals surface area contributed by atoms with E-state index in [0.29, 0.717) is 6.04 Å². The van der Waals surface area contributed by atoms with Gasteiger partial charge in [0.25, 0.3) is 0 Å². The number of hydrogen-bond donors (Lipinski definition) is 2. The van der Waals surface area contributed by atoms with Gasteiger partial charge in [-0.3, -0.25) is 4.90 Å². The van der Waals surface area contributed by atoms with E-state index in [9.17, 15) is 26.3 Å². The zero-order valence-electron chi connectivity index (χ0n) is 18.2. The van der Waals surface area contributed by atoms with E-state index < -0.39 is 24.3 Å². The zero-order chi connectivity index (χ0) is 26.9. The Hall–Kier alpha value is -3.76. The Balaban J connectivity index is 0.000000271. The highest BCUT2D eigenvalue weighted by atomic mass is 19.4. The molecule has 0 amide bonds. The first-order valence-electron chi connectivity index (χ1n) is 10.0. The monoisotopic (exact) mass is 526 g/mol. The standard InChI is InChI=1S/C15H18N6O.2C2HF3O2/c1-2-18-15(19-3-1)21-5-4-20-10-13(6-12(20)9-21)22-14-7-16-11-17-8-14;2*3-2(4,5)1(6)7/h1-3,7-8,11-13H,4-6,9-10H2;2*(H,6,7)/t12-,13+;;/m0../s1. The van der Waals surface area contributed by atoms with Gasteiger partial charge in [0.05, 0.1) is 12.4 Å². The average Bonchev–Trinajstić information content (AvgIpc) is 3.21. The van der Waals surface area contributed by atoms with Crippen LogP contribution in [0.4, 0.5) is 32.3 Å². The number of carbonyl (C=O) groups is 2. The normalized spacial score (nSPS) is 19.7. The first-order chi connectivity index (χ1) is 16.8. The SMILES string of the molecule is O=C(O)C(F)(F)F.O=C(O)C(F)(F)F.c1cnc(N2CCN3C[C@H](Oc4cncnc4)C[C@H]3C2)nc1. The van der Waals surface area contributed by atoms with E-state index in [2.05, 4.69) is 29.7 Å². The molecule has 2 saturated heterocycles. The third-order valence-electron chi connectivity index (χ3n) is 4.74. The van der Waals surface area contributed by atoms with E-state index >= 15 is 0 Å². The Morgan fingerprint density at radius 2 is 1.44 bits per heavy atom. The van der Waals surface area contributed by atoms with Crippen molar-refractivity contribution in [3.8, 4) is 5.75 Å².